The molecule has 3 aromatic rings. The van der Waals surface area contributed by atoms with Crippen LogP contribution in [-0.2, 0) is 0 Å². The molecule has 0 spiro atoms. The molecule has 0 atom stereocenters. The summed E-state index contributed by atoms with van der Waals surface area (Å²) in [5.74, 6) is -2.85. The summed E-state index contributed by atoms with van der Waals surface area (Å²) in [6.07, 6.45) is 0. The molecule has 1 heterocycles. The first kappa shape index (κ1) is 14.5. The Morgan fingerprint density at radius 3 is 2.26 bits per heavy atom. The molecule has 1 aromatic heterocycles. The first-order valence-electron chi connectivity index (χ1n) is 6.44. The highest BCUT2D eigenvalue weighted by atomic mass is 16.4. The van der Waals surface area contributed by atoms with Gasteiger partial charge in [-0.3, -0.25) is 4.79 Å². The molecule has 23 heavy (non-hydrogen) atoms. The van der Waals surface area contributed by atoms with Crippen LogP contribution in [0.4, 0.5) is 0 Å². The molecule has 0 unspecified atom stereocenters. The van der Waals surface area contributed by atoms with Crippen molar-refractivity contribution in [3.63, 3.8) is 0 Å². The Hall–Kier alpha value is -3.48. The smallest absolute Gasteiger partial charge is 0.335 e. The molecule has 7 nitrogen and oxygen atoms in total. The van der Waals surface area contributed by atoms with E-state index < -0.39 is 22.9 Å². The minimum absolute atomic E-state index is 0.0339. The van der Waals surface area contributed by atoms with Gasteiger partial charge in [-0.1, -0.05) is 12.1 Å². The zero-order valence-electron chi connectivity index (χ0n) is 11.5. The Morgan fingerprint density at radius 2 is 1.65 bits per heavy atom. The largest absolute Gasteiger partial charge is 0.508 e. The van der Waals surface area contributed by atoms with Crippen molar-refractivity contribution in [2.45, 2.75) is 0 Å². The third-order valence-corrected chi connectivity index (χ3v) is 3.33. The van der Waals surface area contributed by atoms with E-state index in [1.54, 1.807) is 0 Å². The highest BCUT2D eigenvalue weighted by molar-refractivity contribution is 5.90. The molecule has 7 heteroatoms. The summed E-state index contributed by atoms with van der Waals surface area (Å²) < 4.78 is 5.40. The number of carboxylic acid groups (broad SMARTS) is 1. The number of aromatic hydroxyl groups is 3. The van der Waals surface area contributed by atoms with Crippen molar-refractivity contribution in [1.29, 1.82) is 0 Å². The van der Waals surface area contributed by atoms with Gasteiger partial charge in [0.25, 0.3) is 0 Å². The minimum atomic E-state index is -1.12. The number of phenolic OH excluding ortho intramolecular Hbond substituents is 2. The number of aromatic carboxylic acids is 1. The average Bonchev–Trinajstić information content (AvgIpc) is 2.50. The number of rotatable bonds is 2. The van der Waals surface area contributed by atoms with Crippen LogP contribution in [0.2, 0.25) is 0 Å². The lowest BCUT2D eigenvalue weighted by Gasteiger charge is -2.07. The molecular formula is C16H10O7. The monoisotopic (exact) mass is 314 g/mol. The molecule has 0 aliphatic carbocycles. The fourth-order valence-corrected chi connectivity index (χ4v) is 2.23. The van der Waals surface area contributed by atoms with Crippen LogP contribution in [0.1, 0.15) is 10.4 Å². The molecule has 3 rings (SSSR count). The Bertz CT molecular complexity index is 984. The quantitative estimate of drug-likeness (QED) is 0.571. The van der Waals surface area contributed by atoms with E-state index in [4.69, 9.17) is 9.52 Å². The second-order valence-electron chi connectivity index (χ2n) is 4.83. The van der Waals surface area contributed by atoms with Crippen molar-refractivity contribution in [2.75, 3.05) is 0 Å². The third kappa shape index (κ3) is 2.34. The number of carbonyl (C=O) groups is 1. The van der Waals surface area contributed by atoms with Crippen molar-refractivity contribution in [3.8, 4) is 28.6 Å². The molecule has 4 N–H and O–H groups in total. The Labute approximate surface area is 128 Å². The van der Waals surface area contributed by atoms with Gasteiger partial charge in [-0.05, 0) is 12.1 Å². The molecule has 0 bridgehead atoms. The summed E-state index contributed by atoms with van der Waals surface area (Å²) in [7, 11) is 0. The van der Waals surface area contributed by atoms with Gasteiger partial charge in [0.05, 0.1) is 5.56 Å². The van der Waals surface area contributed by atoms with Gasteiger partial charge < -0.3 is 24.8 Å². The Morgan fingerprint density at radius 1 is 1.00 bits per heavy atom. The van der Waals surface area contributed by atoms with E-state index in [1.807, 2.05) is 0 Å². The van der Waals surface area contributed by atoms with Crippen molar-refractivity contribution >= 4 is 16.9 Å². The van der Waals surface area contributed by atoms with Crippen LogP contribution in [0.5, 0.6) is 17.2 Å². The van der Waals surface area contributed by atoms with Crippen molar-refractivity contribution in [3.05, 3.63) is 52.2 Å². The van der Waals surface area contributed by atoms with Crippen molar-refractivity contribution in [1.82, 2.24) is 0 Å². The van der Waals surface area contributed by atoms with Gasteiger partial charge in [-0.2, -0.15) is 0 Å². The lowest BCUT2D eigenvalue weighted by atomic mass is 10.1. The third-order valence-electron chi connectivity index (χ3n) is 3.33. The molecular weight excluding hydrogens is 304 g/mol. The molecule has 0 radical (unpaired) electrons. The van der Waals surface area contributed by atoms with Crippen LogP contribution in [0.25, 0.3) is 22.3 Å². The molecule has 0 saturated carbocycles. The van der Waals surface area contributed by atoms with Gasteiger partial charge in [0.15, 0.2) is 5.76 Å². The Kier molecular flexibility index (Phi) is 3.18. The van der Waals surface area contributed by atoms with E-state index in [0.717, 1.165) is 12.1 Å². The van der Waals surface area contributed by atoms with Crippen LogP contribution in [0, 0.1) is 0 Å². The van der Waals surface area contributed by atoms with Gasteiger partial charge in [0.1, 0.15) is 22.5 Å². The molecule has 0 amide bonds. The number of benzene rings is 2. The summed E-state index contributed by atoms with van der Waals surface area (Å²) >= 11 is 0. The summed E-state index contributed by atoms with van der Waals surface area (Å²) in [6, 6.07) is 7.42. The van der Waals surface area contributed by atoms with E-state index in [1.165, 1.54) is 24.3 Å². The minimum Gasteiger partial charge on any atom is -0.508 e. The normalized spacial score (nSPS) is 10.8. The van der Waals surface area contributed by atoms with E-state index in [0.29, 0.717) is 0 Å². The van der Waals surface area contributed by atoms with Crippen molar-refractivity contribution < 1.29 is 29.6 Å². The second kappa shape index (κ2) is 5.06. The number of hydrogen-bond donors (Lipinski definition) is 4. The molecule has 0 saturated heterocycles. The predicted molar refractivity (Wildman–Crippen MR) is 79.9 cm³/mol. The lowest BCUT2D eigenvalue weighted by molar-refractivity contribution is 0.0697. The van der Waals surface area contributed by atoms with E-state index in [9.17, 15) is 24.9 Å². The number of fused-ring (bicyclic) bond motifs is 1. The van der Waals surface area contributed by atoms with Gasteiger partial charge >= 0.3 is 5.97 Å². The first-order chi connectivity index (χ1) is 10.9. The van der Waals surface area contributed by atoms with Gasteiger partial charge in [-0.25, -0.2) is 4.79 Å². The van der Waals surface area contributed by atoms with Gasteiger partial charge in [-0.15, -0.1) is 0 Å². The molecule has 2 aromatic carbocycles. The highest BCUT2D eigenvalue weighted by Crippen LogP contribution is 2.34. The predicted octanol–water partition coefficient (Wildman–Crippen LogP) is 2.28. The van der Waals surface area contributed by atoms with E-state index in [-0.39, 0.29) is 33.6 Å². The number of hydrogen-bond acceptors (Lipinski definition) is 6. The van der Waals surface area contributed by atoms with Crippen LogP contribution < -0.4 is 5.43 Å². The molecule has 0 aliphatic rings. The molecule has 0 fully saturated rings. The topological polar surface area (TPSA) is 128 Å². The maximum Gasteiger partial charge on any atom is 0.335 e. The Balaban J connectivity index is 2.28. The summed E-state index contributed by atoms with van der Waals surface area (Å²) in [6.45, 7) is 0. The standard InChI is InChI=1S/C16H10O7/c17-9-5-10(18)12-11(6-9)23-15(14(20)13(12)19)7-1-3-8(4-2-7)16(21)22/h1-6,17-18,20H,(H,21,22). The maximum absolute atomic E-state index is 12.2. The number of carboxylic acids is 1. The van der Waals surface area contributed by atoms with E-state index in [2.05, 4.69) is 0 Å². The van der Waals surface area contributed by atoms with Gasteiger partial charge in [0, 0.05) is 17.7 Å². The van der Waals surface area contributed by atoms with Crippen LogP contribution in [-0.4, -0.2) is 26.4 Å². The van der Waals surface area contributed by atoms with Crippen molar-refractivity contribution in [2.24, 2.45) is 0 Å². The lowest BCUT2D eigenvalue weighted by Crippen LogP contribution is -2.03. The zero-order valence-corrected chi connectivity index (χ0v) is 11.5. The van der Waals surface area contributed by atoms with Crippen LogP contribution >= 0.6 is 0 Å². The number of phenols is 2. The van der Waals surface area contributed by atoms with Crippen LogP contribution in [0.15, 0.2) is 45.6 Å². The van der Waals surface area contributed by atoms with Gasteiger partial charge in [0.2, 0.25) is 11.2 Å². The SMILES string of the molecule is O=C(O)c1ccc(-c2oc3cc(O)cc(O)c3c(=O)c2O)cc1. The molecule has 116 valence electrons. The highest BCUT2D eigenvalue weighted by Gasteiger charge is 2.18. The summed E-state index contributed by atoms with van der Waals surface area (Å²) in [4.78, 5) is 23.0. The maximum atomic E-state index is 12.2. The summed E-state index contributed by atoms with van der Waals surface area (Å²) in [5.41, 5.74) is -0.662. The zero-order chi connectivity index (χ0) is 16.7. The fourth-order valence-electron chi connectivity index (χ4n) is 2.23. The fraction of sp³-hybridized carbons (Fsp3) is 0. The average molecular weight is 314 g/mol. The second-order valence-corrected chi connectivity index (χ2v) is 4.83. The van der Waals surface area contributed by atoms with Crippen LogP contribution in [0.3, 0.4) is 0 Å². The first-order valence-corrected chi connectivity index (χ1v) is 6.44. The summed E-state index contributed by atoms with van der Waals surface area (Å²) in [5, 5.41) is 37.8. The molecule has 0 aliphatic heterocycles. The van der Waals surface area contributed by atoms with E-state index >= 15 is 0 Å².